The highest BCUT2D eigenvalue weighted by molar-refractivity contribution is 5.91. The van der Waals surface area contributed by atoms with Crippen LogP contribution >= 0.6 is 0 Å². The van der Waals surface area contributed by atoms with Crippen LogP contribution in [0.1, 0.15) is 17.5 Å². The molecule has 2 aliphatic rings. The third-order valence-corrected chi connectivity index (χ3v) is 4.77. The van der Waals surface area contributed by atoms with Crippen LogP contribution < -0.4 is 10.6 Å². The molecule has 2 aromatic carbocycles. The molecule has 2 aliphatic carbocycles. The van der Waals surface area contributed by atoms with Crippen molar-refractivity contribution in [1.29, 1.82) is 0 Å². The Hall–Kier alpha value is -2.59. The summed E-state index contributed by atoms with van der Waals surface area (Å²) in [5, 5.41) is 15.0. The molecule has 3 N–H and O–H groups in total. The van der Waals surface area contributed by atoms with Gasteiger partial charge in [0, 0.05) is 24.3 Å². The number of urea groups is 1. The van der Waals surface area contributed by atoms with Crippen LogP contribution in [0.5, 0.6) is 0 Å². The van der Waals surface area contributed by atoms with Crippen molar-refractivity contribution in [2.24, 2.45) is 5.92 Å². The highest BCUT2D eigenvalue weighted by Gasteiger charge is 2.21. The predicted octanol–water partition coefficient (Wildman–Crippen LogP) is 3.32. The molecule has 0 radical (unpaired) electrons. The molecule has 0 fully saturated rings. The second-order valence-corrected chi connectivity index (χ2v) is 6.47. The van der Waals surface area contributed by atoms with E-state index in [9.17, 15) is 4.79 Å². The average Bonchev–Trinajstić information content (AvgIpc) is 3.18. The number of anilines is 1. The topological polar surface area (TPSA) is 61.4 Å². The van der Waals surface area contributed by atoms with E-state index in [2.05, 4.69) is 47.0 Å². The van der Waals surface area contributed by atoms with Crippen molar-refractivity contribution in [3.05, 3.63) is 65.7 Å². The number of amides is 2. The lowest BCUT2D eigenvalue weighted by atomic mass is 10.1. The minimum absolute atomic E-state index is 0.0131. The molecule has 0 aromatic heterocycles. The number of nitrogens with one attached hydrogen (secondary N) is 2. The highest BCUT2D eigenvalue weighted by Crippen LogP contribution is 2.37. The van der Waals surface area contributed by atoms with Crippen molar-refractivity contribution in [3.8, 4) is 11.1 Å². The van der Waals surface area contributed by atoms with Crippen LogP contribution in [-0.2, 0) is 6.42 Å². The van der Waals surface area contributed by atoms with Gasteiger partial charge in [0.25, 0.3) is 0 Å². The number of fused-ring (bicyclic) bond motifs is 3. The van der Waals surface area contributed by atoms with E-state index < -0.39 is 0 Å². The van der Waals surface area contributed by atoms with Gasteiger partial charge in [0.2, 0.25) is 0 Å². The zero-order valence-electron chi connectivity index (χ0n) is 13.3. The summed E-state index contributed by atoms with van der Waals surface area (Å²) in [6.45, 7) is 0.127. The number of benzene rings is 2. The number of hydrogen-bond donors (Lipinski definition) is 3. The average molecular weight is 320 g/mol. The molecule has 0 bridgehead atoms. The summed E-state index contributed by atoms with van der Waals surface area (Å²) in [7, 11) is 0. The van der Waals surface area contributed by atoms with Gasteiger partial charge in [0.05, 0.1) is 0 Å². The molecule has 2 aromatic rings. The molecular formula is C20H20N2O2. The maximum absolute atomic E-state index is 12.2. The number of hydrogen-bond acceptors (Lipinski definition) is 2. The maximum atomic E-state index is 12.2. The molecular weight excluding hydrogens is 300 g/mol. The molecule has 4 heteroatoms. The smallest absolute Gasteiger partial charge is 0.319 e. The molecule has 4 nitrogen and oxygen atoms in total. The molecule has 122 valence electrons. The summed E-state index contributed by atoms with van der Waals surface area (Å²) in [6, 6.07) is 14.3. The molecule has 0 saturated carbocycles. The number of carbonyl (C=O) groups is 1. The first kappa shape index (κ1) is 15.0. The fraction of sp³-hybridized carbons (Fsp3) is 0.250. The van der Waals surface area contributed by atoms with Gasteiger partial charge in [-0.2, -0.15) is 0 Å². The van der Waals surface area contributed by atoms with Crippen LogP contribution in [0.3, 0.4) is 0 Å². The van der Waals surface area contributed by atoms with Gasteiger partial charge in [-0.15, -0.1) is 0 Å². The molecule has 0 heterocycles. The molecule has 0 spiro atoms. The summed E-state index contributed by atoms with van der Waals surface area (Å²) < 4.78 is 0. The van der Waals surface area contributed by atoms with Gasteiger partial charge in [-0.1, -0.05) is 42.5 Å². The second kappa shape index (κ2) is 6.13. The number of rotatable bonds is 3. The lowest BCUT2D eigenvalue weighted by Crippen LogP contribution is -2.36. The zero-order chi connectivity index (χ0) is 16.5. The molecule has 0 saturated heterocycles. The van der Waals surface area contributed by atoms with Gasteiger partial charge in [-0.05, 0) is 47.2 Å². The van der Waals surface area contributed by atoms with Crippen LogP contribution in [0.2, 0.25) is 0 Å². The molecule has 4 rings (SSSR count). The molecule has 24 heavy (non-hydrogen) atoms. The highest BCUT2D eigenvalue weighted by atomic mass is 16.3. The minimum Gasteiger partial charge on any atom is -0.396 e. The van der Waals surface area contributed by atoms with Crippen molar-refractivity contribution >= 4 is 11.7 Å². The Kier molecular flexibility index (Phi) is 3.82. The largest absolute Gasteiger partial charge is 0.396 e. The normalized spacial score (nSPS) is 20.5. The van der Waals surface area contributed by atoms with E-state index in [0.717, 1.165) is 18.5 Å². The maximum Gasteiger partial charge on any atom is 0.319 e. The van der Waals surface area contributed by atoms with Crippen molar-refractivity contribution in [1.82, 2.24) is 5.32 Å². The van der Waals surface area contributed by atoms with Crippen LogP contribution in [0.25, 0.3) is 11.1 Å². The Labute approximate surface area is 141 Å². The van der Waals surface area contributed by atoms with Crippen LogP contribution in [0.4, 0.5) is 10.5 Å². The van der Waals surface area contributed by atoms with E-state index in [0.29, 0.717) is 0 Å². The first-order valence-corrected chi connectivity index (χ1v) is 8.31. The van der Waals surface area contributed by atoms with Gasteiger partial charge in [-0.25, -0.2) is 4.79 Å². The Bertz CT molecular complexity index is 813. The standard InChI is InChI=1S/C20H20N2O2/c23-12-13-5-6-16(9-13)21-20(24)22-17-7-8-19-15(11-17)10-14-3-1-2-4-18(14)19/h1-8,11,13,16,23H,9-10,12H2,(H2,21,22,24)/t13-,16+/m0/s1. The lowest BCUT2D eigenvalue weighted by Gasteiger charge is -2.14. The Morgan fingerprint density at radius 3 is 2.75 bits per heavy atom. The summed E-state index contributed by atoms with van der Waals surface area (Å²) >= 11 is 0. The quantitative estimate of drug-likeness (QED) is 0.648. The molecule has 2 atom stereocenters. The Morgan fingerprint density at radius 1 is 1.08 bits per heavy atom. The van der Waals surface area contributed by atoms with E-state index in [1.54, 1.807) is 0 Å². The van der Waals surface area contributed by atoms with Crippen molar-refractivity contribution in [2.45, 2.75) is 18.9 Å². The third kappa shape index (κ3) is 2.81. The van der Waals surface area contributed by atoms with Gasteiger partial charge >= 0.3 is 6.03 Å². The predicted molar refractivity (Wildman–Crippen MR) is 95.0 cm³/mol. The lowest BCUT2D eigenvalue weighted by molar-refractivity contribution is 0.238. The van der Waals surface area contributed by atoms with Crippen LogP contribution in [0.15, 0.2) is 54.6 Å². The first-order valence-electron chi connectivity index (χ1n) is 8.31. The number of aliphatic hydroxyl groups is 1. The Morgan fingerprint density at radius 2 is 1.92 bits per heavy atom. The second-order valence-electron chi connectivity index (χ2n) is 6.47. The molecule has 0 aliphatic heterocycles. The van der Waals surface area contributed by atoms with Crippen LogP contribution in [-0.4, -0.2) is 23.8 Å². The third-order valence-electron chi connectivity index (χ3n) is 4.77. The first-order chi connectivity index (χ1) is 11.7. The summed E-state index contributed by atoms with van der Waals surface area (Å²) in [5.74, 6) is 0.147. The van der Waals surface area contributed by atoms with Crippen molar-refractivity contribution in [2.75, 3.05) is 11.9 Å². The number of carbonyl (C=O) groups excluding carboxylic acids is 1. The fourth-order valence-corrected chi connectivity index (χ4v) is 3.58. The Balaban J connectivity index is 1.42. The molecule has 2 amide bonds. The van der Waals surface area contributed by atoms with E-state index in [1.165, 1.54) is 22.3 Å². The zero-order valence-corrected chi connectivity index (χ0v) is 13.3. The van der Waals surface area contributed by atoms with Crippen LogP contribution in [0, 0.1) is 5.92 Å². The minimum atomic E-state index is -0.210. The van der Waals surface area contributed by atoms with Gasteiger partial charge < -0.3 is 15.7 Å². The van der Waals surface area contributed by atoms with E-state index >= 15 is 0 Å². The van der Waals surface area contributed by atoms with Crippen molar-refractivity contribution in [3.63, 3.8) is 0 Å². The SMILES string of the molecule is O=C(Nc1ccc2c(c1)Cc1ccccc1-2)N[C@@H]1C=C[C@H](CO)C1. The monoisotopic (exact) mass is 320 g/mol. The van der Waals surface area contributed by atoms with Gasteiger partial charge in [0.15, 0.2) is 0 Å². The summed E-state index contributed by atoms with van der Waals surface area (Å²) in [6.07, 6.45) is 5.56. The van der Waals surface area contributed by atoms with Gasteiger partial charge in [-0.3, -0.25) is 0 Å². The van der Waals surface area contributed by atoms with Crippen molar-refractivity contribution < 1.29 is 9.90 Å². The summed E-state index contributed by atoms with van der Waals surface area (Å²) in [5.41, 5.74) is 5.92. The van der Waals surface area contributed by atoms with E-state index in [1.807, 2.05) is 18.2 Å². The van der Waals surface area contributed by atoms with Gasteiger partial charge in [0.1, 0.15) is 0 Å². The fourth-order valence-electron chi connectivity index (χ4n) is 3.58. The van der Waals surface area contributed by atoms with E-state index in [4.69, 9.17) is 5.11 Å². The van der Waals surface area contributed by atoms with E-state index in [-0.39, 0.29) is 24.6 Å². The number of aliphatic hydroxyl groups excluding tert-OH is 1. The summed E-state index contributed by atoms with van der Waals surface area (Å²) in [4.78, 5) is 12.2. The molecule has 0 unspecified atom stereocenters.